The third-order valence-corrected chi connectivity index (χ3v) is 5.15. The van der Waals surface area contributed by atoms with Gasteiger partial charge < -0.3 is 15.3 Å². The van der Waals surface area contributed by atoms with Gasteiger partial charge in [0.15, 0.2) is 0 Å². The van der Waals surface area contributed by atoms with Crippen molar-refractivity contribution in [1.29, 1.82) is 0 Å². The molecular weight excluding hydrogens is 212 g/mol. The van der Waals surface area contributed by atoms with Crippen molar-refractivity contribution in [2.75, 3.05) is 26.2 Å². The molecular formula is C14H26N2O. The molecule has 5 atom stereocenters. The van der Waals surface area contributed by atoms with Crippen molar-refractivity contribution in [1.82, 2.24) is 10.2 Å². The van der Waals surface area contributed by atoms with Crippen molar-refractivity contribution in [3.05, 3.63) is 0 Å². The van der Waals surface area contributed by atoms with Crippen molar-refractivity contribution >= 4 is 0 Å². The molecule has 5 unspecified atom stereocenters. The third-order valence-electron chi connectivity index (χ3n) is 5.15. The van der Waals surface area contributed by atoms with Crippen LogP contribution in [0.15, 0.2) is 0 Å². The van der Waals surface area contributed by atoms with E-state index < -0.39 is 0 Å². The zero-order valence-electron chi connectivity index (χ0n) is 10.8. The molecule has 2 saturated heterocycles. The Bertz CT molecular complexity index is 259. The van der Waals surface area contributed by atoms with Gasteiger partial charge in [-0.25, -0.2) is 0 Å². The predicted octanol–water partition coefficient (Wildman–Crippen LogP) is 1.22. The molecule has 3 nitrogen and oxygen atoms in total. The quantitative estimate of drug-likeness (QED) is 0.776. The van der Waals surface area contributed by atoms with Gasteiger partial charge >= 0.3 is 0 Å². The Hall–Kier alpha value is -0.120. The van der Waals surface area contributed by atoms with Crippen LogP contribution in [0.5, 0.6) is 0 Å². The lowest BCUT2D eigenvalue weighted by Crippen LogP contribution is -2.46. The Morgan fingerprint density at radius 1 is 1.06 bits per heavy atom. The summed E-state index contributed by atoms with van der Waals surface area (Å²) in [5.74, 6) is 1.40. The third kappa shape index (κ3) is 2.67. The zero-order valence-corrected chi connectivity index (χ0v) is 10.8. The van der Waals surface area contributed by atoms with Crippen LogP contribution in [0.3, 0.4) is 0 Å². The molecule has 0 aromatic rings. The van der Waals surface area contributed by atoms with Gasteiger partial charge in [0, 0.05) is 19.1 Å². The minimum absolute atomic E-state index is 0.0417. The van der Waals surface area contributed by atoms with Crippen molar-refractivity contribution in [2.24, 2.45) is 11.8 Å². The normalized spacial score (nSPS) is 46.1. The topological polar surface area (TPSA) is 35.5 Å². The van der Waals surface area contributed by atoms with Gasteiger partial charge in [-0.2, -0.15) is 0 Å². The largest absolute Gasteiger partial charge is 0.393 e. The number of rotatable bonds is 3. The fourth-order valence-electron chi connectivity index (χ4n) is 3.95. The molecule has 0 spiro atoms. The summed E-state index contributed by atoms with van der Waals surface area (Å²) >= 11 is 0. The highest BCUT2D eigenvalue weighted by atomic mass is 16.3. The van der Waals surface area contributed by atoms with E-state index >= 15 is 0 Å². The van der Waals surface area contributed by atoms with Crippen LogP contribution in [0.4, 0.5) is 0 Å². The van der Waals surface area contributed by atoms with Crippen LogP contribution in [0.2, 0.25) is 0 Å². The van der Waals surface area contributed by atoms with Crippen LogP contribution in [-0.4, -0.2) is 48.3 Å². The molecule has 1 saturated carbocycles. The first-order valence-electron chi connectivity index (χ1n) is 7.47. The van der Waals surface area contributed by atoms with Crippen LogP contribution >= 0.6 is 0 Å². The number of aliphatic hydroxyl groups is 1. The van der Waals surface area contributed by atoms with E-state index in [4.69, 9.17) is 0 Å². The van der Waals surface area contributed by atoms with Gasteiger partial charge in [-0.1, -0.05) is 12.8 Å². The summed E-state index contributed by atoms with van der Waals surface area (Å²) in [5, 5.41) is 13.7. The molecule has 3 rings (SSSR count). The highest BCUT2D eigenvalue weighted by Gasteiger charge is 2.34. The summed E-state index contributed by atoms with van der Waals surface area (Å²) in [6.45, 7) is 4.95. The lowest BCUT2D eigenvalue weighted by Gasteiger charge is -2.34. The van der Waals surface area contributed by atoms with Gasteiger partial charge in [-0.3, -0.25) is 0 Å². The van der Waals surface area contributed by atoms with Gasteiger partial charge in [0.1, 0.15) is 0 Å². The van der Waals surface area contributed by atoms with Gasteiger partial charge in [0.05, 0.1) is 6.10 Å². The molecule has 1 aliphatic carbocycles. The number of fused-ring (bicyclic) bond motifs is 2. The Morgan fingerprint density at radius 3 is 2.76 bits per heavy atom. The molecule has 3 aliphatic rings. The van der Waals surface area contributed by atoms with Gasteiger partial charge in [0.25, 0.3) is 0 Å². The van der Waals surface area contributed by atoms with Crippen LogP contribution in [0.1, 0.15) is 38.5 Å². The SMILES string of the molecule is OC1CCCCC1CNC1CCN2CCC1C2. The maximum Gasteiger partial charge on any atom is 0.0580 e. The highest BCUT2D eigenvalue weighted by molar-refractivity contribution is 4.91. The number of aliphatic hydroxyl groups excluding tert-OH is 1. The fourth-order valence-corrected chi connectivity index (χ4v) is 3.95. The first-order valence-corrected chi connectivity index (χ1v) is 7.47. The Kier molecular flexibility index (Phi) is 3.69. The van der Waals surface area contributed by atoms with E-state index in [1.165, 1.54) is 51.7 Å². The average molecular weight is 238 g/mol. The molecule has 2 N–H and O–H groups in total. The van der Waals surface area contributed by atoms with Crippen molar-refractivity contribution in [2.45, 2.75) is 50.7 Å². The van der Waals surface area contributed by atoms with E-state index in [1.54, 1.807) is 0 Å². The second-order valence-electron chi connectivity index (χ2n) is 6.26. The Morgan fingerprint density at radius 2 is 1.88 bits per heavy atom. The standard InChI is InChI=1S/C14H26N2O/c17-14-4-2-1-3-11(14)9-15-13-6-8-16-7-5-12(13)10-16/h11-15,17H,1-10H2. The number of hydrogen-bond acceptors (Lipinski definition) is 3. The van der Waals surface area contributed by atoms with Crippen LogP contribution in [-0.2, 0) is 0 Å². The predicted molar refractivity (Wildman–Crippen MR) is 68.9 cm³/mol. The average Bonchev–Trinajstić information content (AvgIpc) is 2.73. The first kappa shape index (κ1) is 11.9. The summed E-state index contributed by atoms with van der Waals surface area (Å²) in [4.78, 5) is 2.60. The minimum Gasteiger partial charge on any atom is -0.393 e. The number of nitrogens with zero attached hydrogens (tertiary/aromatic N) is 1. The summed E-state index contributed by atoms with van der Waals surface area (Å²) in [6, 6.07) is 0.725. The summed E-state index contributed by atoms with van der Waals surface area (Å²) in [5.41, 5.74) is 0. The molecule has 3 heteroatoms. The molecule has 98 valence electrons. The molecule has 2 heterocycles. The van der Waals surface area contributed by atoms with Gasteiger partial charge in [0.2, 0.25) is 0 Å². The van der Waals surface area contributed by atoms with E-state index in [2.05, 4.69) is 10.2 Å². The maximum absolute atomic E-state index is 9.98. The molecule has 0 aromatic heterocycles. The van der Waals surface area contributed by atoms with E-state index in [9.17, 15) is 5.11 Å². The highest BCUT2D eigenvalue weighted by Crippen LogP contribution is 2.28. The van der Waals surface area contributed by atoms with Gasteiger partial charge in [-0.05, 0) is 50.6 Å². The molecule has 0 aromatic carbocycles. The fraction of sp³-hybridized carbons (Fsp3) is 1.00. The number of nitrogens with one attached hydrogen (secondary N) is 1. The maximum atomic E-state index is 9.98. The van der Waals surface area contributed by atoms with Crippen LogP contribution in [0, 0.1) is 11.8 Å². The lowest BCUT2D eigenvalue weighted by atomic mass is 9.85. The van der Waals surface area contributed by atoms with Crippen molar-refractivity contribution in [3.8, 4) is 0 Å². The van der Waals surface area contributed by atoms with E-state index in [-0.39, 0.29) is 6.10 Å². The second-order valence-corrected chi connectivity index (χ2v) is 6.26. The Labute approximate surface area is 105 Å². The molecule has 17 heavy (non-hydrogen) atoms. The van der Waals surface area contributed by atoms with Crippen molar-refractivity contribution < 1.29 is 5.11 Å². The van der Waals surface area contributed by atoms with Crippen LogP contribution < -0.4 is 5.32 Å². The first-order chi connectivity index (χ1) is 8.33. The van der Waals surface area contributed by atoms with Crippen molar-refractivity contribution in [3.63, 3.8) is 0 Å². The monoisotopic (exact) mass is 238 g/mol. The van der Waals surface area contributed by atoms with E-state index in [0.717, 1.165) is 24.9 Å². The molecule has 0 amide bonds. The van der Waals surface area contributed by atoms with Gasteiger partial charge in [-0.15, -0.1) is 0 Å². The lowest BCUT2D eigenvalue weighted by molar-refractivity contribution is 0.0653. The minimum atomic E-state index is -0.0417. The second kappa shape index (κ2) is 5.25. The van der Waals surface area contributed by atoms with E-state index in [1.807, 2.05) is 0 Å². The summed E-state index contributed by atoms with van der Waals surface area (Å²) in [6.07, 6.45) is 7.42. The molecule has 0 radical (unpaired) electrons. The zero-order chi connectivity index (χ0) is 11.7. The summed E-state index contributed by atoms with van der Waals surface area (Å²) < 4.78 is 0. The molecule has 3 fully saturated rings. The number of hydrogen-bond donors (Lipinski definition) is 2. The van der Waals surface area contributed by atoms with E-state index in [0.29, 0.717) is 5.92 Å². The van der Waals surface area contributed by atoms with Crippen LogP contribution in [0.25, 0.3) is 0 Å². The smallest absolute Gasteiger partial charge is 0.0580 e. The summed E-state index contributed by atoms with van der Waals surface area (Å²) in [7, 11) is 0. The molecule has 2 aliphatic heterocycles. The number of piperidine rings is 1. The molecule has 2 bridgehead atoms. The Balaban J connectivity index is 1.47.